The number of rotatable bonds is 7. The molecular weight excluding hydrogens is 426 g/mol. The molecule has 0 fully saturated rings. The summed E-state index contributed by atoms with van der Waals surface area (Å²) in [5.74, 6) is 0.420. The van der Waals surface area contributed by atoms with E-state index >= 15 is 0 Å². The summed E-state index contributed by atoms with van der Waals surface area (Å²) in [6.45, 7) is 0.335. The Hall–Kier alpha value is -3.21. The molecule has 0 unspecified atom stereocenters. The molecule has 154 valence electrons. The topological polar surface area (TPSA) is 38.3 Å². The second-order valence-electron chi connectivity index (χ2n) is 6.77. The summed E-state index contributed by atoms with van der Waals surface area (Å²) in [4.78, 5) is 15.0. The van der Waals surface area contributed by atoms with Crippen molar-refractivity contribution in [2.75, 3.05) is 5.32 Å². The highest BCUT2D eigenvalue weighted by molar-refractivity contribution is 7.99. The first-order chi connectivity index (χ1) is 15.2. The quantitative estimate of drug-likeness (QED) is 0.323. The van der Waals surface area contributed by atoms with Gasteiger partial charge in [-0.3, -0.25) is 4.79 Å². The molecule has 1 N–H and O–H groups in total. The summed E-state index contributed by atoms with van der Waals surface area (Å²) < 4.78 is 5.85. The van der Waals surface area contributed by atoms with E-state index in [1.54, 1.807) is 23.9 Å². The predicted molar refractivity (Wildman–Crippen MR) is 127 cm³/mol. The van der Waals surface area contributed by atoms with Gasteiger partial charge in [-0.05, 0) is 48.5 Å². The van der Waals surface area contributed by atoms with Gasteiger partial charge in [-0.25, -0.2) is 0 Å². The van der Waals surface area contributed by atoms with Crippen molar-refractivity contribution in [1.29, 1.82) is 0 Å². The van der Waals surface area contributed by atoms with Gasteiger partial charge in [0.1, 0.15) is 12.4 Å². The lowest BCUT2D eigenvalue weighted by Crippen LogP contribution is -2.12. The first kappa shape index (κ1) is 21.0. The summed E-state index contributed by atoms with van der Waals surface area (Å²) in [6.07, 6.45) is 0. The van der Waals surface area contributed by atoms with E-state index in [0.717, 1.165) is 21.0 Å². The third kappa shape index (κ3) is 5.69. The number of para-hydroxylation sites is 1. The van der Waals surface area contributed by atoms with Gasteiger partial charge in [0.2, 0.25) is 0 Å². The number of carbonyl (C=O) groups is 1. The molecular formula is C26H20ClNO2S. The zero-order valence-electron chi connectivity index (χ0n) is 16.6. The molecule has 0 aliphatic rings. The molecule has 4 aromatic carbocycles. The number of benzene rings is 4. The molecule has 0 atom stereocenters. The Labute approximate surface area is 191 Å². The molecule has 5 heteroatoms. The molecule has 0 aliphatic heterocycles. The van der Waals surface area contributed by atoms with Gasteiger partial charge in [0.05, 0.1) is 5.69 Å². The Morgan fingerprint density at radius 3 is 2.42 bits per heavy atom. The maximum Gasteiger partial charge on any atom is 0.255 e. The molecule has 0 bridgehead atoms. The van der Waals surface area contributed by atoms with Crippen LogP contribution in [0.3, 0.4) is 0 Å². The summed E-state index contributed by atoms with van der Waals surface area (Å²) in [6, 6.07) is 32.5. The van der Waals surface area contributed by atoms with Crippen molar-refractivity contribution in [2.45, 2.75) is 16.4 Å². The van der Waals surface area contributed by atoms with Crippen LogP contribution in [0.5, 0.6) is 5.75 Å². The highest BCUT2D eigenvalue weighted by Crippen LogP contribution is 2.33. The van der Waals surface area contributed by atoms with E-state index in [-0.39, 0.29) is 5.91 Å². The van der Waals surface area contributed by atoms with Crippen LogP contribution in [0.4, 0.5) is 5.69 Å². The SMILES string of the molecule is O=C(Nc1ccccc1Sc1ccccc1)c1cccc(OCc2ccccc2Cl)c1. The van der Waals surface area contributed by atoms with Crippen LogP contribution in [0, 0.1) is 0 Å². The monoisotopic (exact) mass is 445 g/mol. The molecule has 31 heavy (non-hydrogen) atoms. The summed E-state index contributed by atoms with van der Waals surface area (Å²) in [5.41, 5.74) is 2.19. The largest absolute Gasteiger partial charge is 0.489 e. The molecule has 4 aromatic rings. The fraction of sp³-hybridized carbons (Fsp3) is 0.0385. The second kappa shape index (κ2) is 10.2. The minimum atomic E-state index is -0.190. The van der Waals surface area contributed by atoms with Crippen molar-refractivity contribution < 1.29 is 9.53 Å². The fourth-order valence-corrected chi connectivity index (χ4v) is 4.09. The predicted octanol–water partition coefficient (Wildman–Crippen LogP) is 7.32. The van der Waals surface area contributed by atoms with E-state index < -0.39 is 0 Å². The molecule has 0 aliphatic carbocycles. The third-order valence-corrected chi connectivity index (χ3v) is 6.01. The Bertz CT molecular complexity index is 1180. The standard InChI is InChI=1S/C26H20ClNO2S/c27-23-14-5-4-9-20(23)18-30-21-11-8-10-19(17-21)26(29)28-24-15-6-7-16-25(24)31-22-12-2-1-3-13-22/h1-17H,18H2,(H,28,29). The Morgan fingerprint density at radius 1 is 0.839 bits per heavy atom. The van der Waals surface area contributed by atoms with Gasteiger partial charge in [0.25, 0.3) is 5.91 Å². The molecule has 3 nitrogen and oxygen atoms in total. The van der Waals surface area contributed by atoms with Crippen LogP contribution in [-0.4, -0.2) is 5.91 Å². The Morgan fingerprint density at radius 2 is 1.58 bits per heavy atom. The van der Waals surface area contributed by atoms with Crippen molar-refractivity contribution in [3.05, 3.63) is 119 Å². The third-order valence-electron chi connectivity index (χ3n) is 4.55. The van der Waals surface area contributed by atoms with Gasteiger partial charge < -0.3 is 10.1 Å². The van der Waals surface area contributed by atoms with E-state index in [9.17, 15) is 4.79 Å². The number of carbonyl (C=O) groups excluding carboxylic acids is 1. The summed E-state index contributed by atoms with van der Waals surface area (Å²) in [7, 11) is 0. The highest BCUT2D eigenvalue weighted by atomic mass is 35.5. The normalized spacial score (nSPS) is 10.5. The van der Waals surface area contributed by atoms with Gasteiger partial charge in [-0.15, -0.1) is 0 Å². The minimum Gasteiger partial charge on any atom is -0.489 e. The summed E-state index contributed by atoms with van der Waals surface area (Å²) in [5, 5.41) is 3.68. The van der Waals surface area contributed by atoms with Crippen LogP contribution in [0.2, 0.25) is 5.02 Å². The van der Waals surface area contributed by atoms with Crippen molar-refractivity contribution >= 4 is 35.0 Å². The lowest BCUT2D eigenvalue weighted by Gasteiger charge is -2.12. The molecule has 1 amide bonds. The van der Waals surface area contributed by atoms with Gasteiger partial charge in [0, 0.05) is 25.9 Å². The number of anilines is 1. The van der Waals surface area contributed by atoms with E-state index in [1.165, 1.54) is 0 Å². The summed E-state index contributed by atoms with van der Waals surface area (Å²) >= 11 is 7.80. The lowest BCUT2D eigenvalue weighted by molar-refractivity contribution is 0.102. The first-order valence-electron chi connectivity index (χ1n) is 9.78. The number of nitrogens with one attached hydrogen (secondary N) is 1. The van der Waals surface area contributed by atoms with Crippen molar-refractivity contribution in [2.24, 2.45) is 0 Å². The maximum absolute atomic E-state index is 12.9. The molecule has 0 spiro atoms. The minimum absolute atomic E-state index is 0.190. The zero-order valence-corrected chi connectivity index (χ0v) is 18.2. The molecule has 4 rings (SSSR count). The Balaban J connectivity index is 1.46. The Kier molecular flexibility index (Phi) is 6.92. The second-order valence-corrected chi connectivity index (χ2v) is 8.30. The number of amides is 1. The van der Waals surface area contributed by atoms with Crippen LogP contribution < -0.4 is 10.1 Å². The van der Waals surface area contributed by atoms with Crippen molar-refractivity contribution in [1.82, 2.24) is 0 Å². The lowest BCUT2D eigenvalue weighted by atomic mass is 10.2. The highest BCUT2D eigenvalue weighted by Gasteiger charge is 2.11. The van der Waals surface area contributed by atoms with E-state index in [0.29, 0.717) is 22.9 Å². The van der Waals surface area contributed by atoms with Gasteiger partial charge in [0.15, 0.2) is 0 Å². The number of hydrogen-bond donors (Lipinski definition) is 1. The molecule has 0 aromatic heterocycles. The van der Waals surface area contributed by atoms with E-state index in [2.05, 4.69) is 5.32 Å². The molecule has 0 saturated heterocycles. The number of halogens is 1. The van der Waals surface area contributed by atoms with Gasteiger partial charge in [-0.2, -0.15) is 0 Å². The smallest absolute Gasteiger partial charge is 0.255 e. The van der Waals surface area contributed by atoms with Crippen LogP contribution in [0.15, 0.2) is 113 Å². The van der Waals surface area contributed by atoms with Crippen LogP contribution in [-0.2, 0) is 6.61 Å². The molecule has 0 heterocycles. The van der Waals surface area contributed by atoms with Crippen LogP contribution in [0.1, 0.15) is 15.9 Å². The van der Waals surface area contributed by atoms with E-state index in [4.69, 9.17) is 16.3 Å². The number of ether oxygens (including phenoxy) is 1. The van der Waals surface area contributed by atoms with Crippen molar-refractivity contribution in [3.63, 3.8) is 0 Å². The van der Waals surface area contributed by atoms with E-state index in [1.807, 2.05) is 91.0 Å². The fourth-order valence-electron chi connectivity index (χ4n) is 2.97. The van der Waals surface area contributed by atoms with Gasteiger partial charge >= 0.3 is 0 Å². The van der Waals surface area contributed by atoms with Crippen molar-refractivity contribution in [3.8, 4) is 5.75 Å². The molecule has 0 saturated carbocycles. The van der Waals surface area contributed by atoms with Crippen LogP contribution >= 0.6 is 23.4 Å². The number of hydrogen-bond acceptors (Lipinski definition) is 3. The van der Waals surface area contributed by atoms with Crippen LogP contribution in [0.25, 0.3) is 0 Å². The zero-order chi connectivity index (χ0) is 21.5. The average molecular weight is 446 g/mol. The maximum atomic E-state index is 12.9. The molecule has 0 radical (unpaired) electrons. The average Bonchev–Trinajstić information content (AvgIpc) is 2.81. The first-order valence-corrected chi connectivity index (χ1v) is 11.0. The van der Waals surface area contributed by atoms with Gasteiger partial charge in [-0.1, -0.05) is 78.0 Å².